The lowest BCUT2D eigenvalue weighted by atomic mass is 10.1. The Morgan fingerprint density at radius 1 is 1.12 bits per heavy atom. The molecule has 1 N–H and O–H groups in total. The maximum atomic E-state index is 12.3. The van der Waals surface area contributed by atoms with Crippen LogP contribution in [0.15, 0.2) is 47.4 Å². The van der Waals surface area contributed by atoms with Crippen molar-refractivity contribution in [3.8, 4) is 11.8 Å². The van der Waals surface area contributed by atoms with Crippen molar-refractivity contribution in [2.45, 2.75) is 31.8 Å². The van der Waals surface area contributed by atoms with Gasteiger partial charge in [0.15, 0.2) is 0 Å². The summed E-state index contributed by atoms with van der Waals surface area (Å²) in [6, 6.07) is 13.6. The number of ether oxygens (including phenoxy) is 1. The molecule has 6 heteroatoms. The molecule has 1 unspecified atom stereocenters. The quantitative estimate of drug-likeness (QED) is 0.874. The van der Waals surface area contributed by atoms with Crippen LogP contribution in [-0.4, -0.2) is 21.1 Å². The van der Waals surface area contributed by atoms with Gasteiger partial charge >= 0.3 is 0 Å². The summed E-state index contributed by atoms with van der Waals surface area (Å²) in [6.45, 7) is 5.87. The highest BCUT2D eigenvalue weighted by atomic mass is 32.2. The first-order chi connectivity index (χ1) is 11.3. The Labute approximate surface area is 142 Å². The van der Waals surface area contributed by atoms with E-state index in [1.54, 1.807) is 0 Å². The third kappa shape index (κ3) is 4.34. The summed E-state index contributed by atoms with van der Waals surface area (Å²) in [5.41, 5.74) is 2.44. The molecule has 1 atom stereocenters. The zero-order valence-corrected chi connectivity index (χ0v) is 14.7. The first kappa shape index (κ1) is 18.0. The van der Waals surface area contributed by atoms with Crippen molar-refractivity contribution in [3.63, 3.8) is 0 Å². The monoisotopic (exact) mass is 344 g/mol. The molecule has 2 rings (SSSR count). The van der Waals surface area contributed by atoms with E-state index >= 15 is 0 Å². The lowest BCUT2D eigenvalue weighted by Crippen LogP contribution is -2.33. The van der Waals surface area contributed by atoms with Crippen molar-refractivity contribution in [1.29, 1.82) is 5.26 Å². The lowest BCUT2D eigenvalue weighted by Gasteiger charge is -2.18. The first-order valence-electron chi connectivity index (χ1n) is 7.56. The predicted octanol–water partition coefficient (Wildman–Crippen LogP) is 2.92. The topological polar surface area (TPSA) is 79.2 Å². The number of sulfonamides is 1. The van der Waals surface area contributed by atoms with E-state index in [1.807, 2.05) is 45.0 Å². The van der Waals surface area contributed by atoms with Gasteiger partial charge in [-0.3, -0.25) is 0 Å². The summed E-state index contributed by atoms with van der Waals surface area (Å²) in [5, 5.41) is 8.76. The molecule has 24 heavy (non-hydrogen) atoms. The molecule has 0 aliphatic carbocycles. The normalized spacial score (nSPS) is 12.4. The van der Waals surface area contributed by atoms with Crippen molar-refractivity contribution in [1.82, 2.24) is 4.72 Å². The fourth-order valence-corrected chi connectivity index (χ4v) is 3.36. The molecule has 2 aromatic rings. The second kappa shape index (κ2) is 7.47. The van der Waals surface area contributed by atoms with E-state index in [1.165, 1.54) is 24.3 Å². The van der Waals surface area contributed by atoms with Crippen LogP contribution in [0.1, 0.15) is 23.6 Å². The van der Waals surface area contributed by atoms with E-state index in [0.29, 0.717) is 5.56 Å². The number of nitrogens with zero attached hydrogens (tertiary/aromatic N) is 1. The van der Waals surface area contributed by atoms with Gasteiger partial charge in [-0.2, -0.15) is 5.26 Å². The van der Waals surface area contributed by atoms with E-state index in [0.717, 1.165) is 16.9 Å². The largest absolute Gasteiger partial charge is 0.489 e. The lowest BCUT2D eigenvalue weighted by molar-refractivity contribution is 0.222. The minimum Gasteiger partial charge on any atom is -0.489 e. The van der Waals surface area contributed by atoms with Gasteiger partial charge in [-0.05, 0) is 56.2 Å². The van der Waals surface area contributed by atoms with Gasteiger partial charge in [-0.25, -0.2) is 13.1 Å². The molecule has 0 radical (unpaired) electrons. The van der Waals surface area contributed by atoms with E-state index in [4.69, 9.17) is 10.00 Å². The SMILES string of the molecule is Cc1cccc(C)c1OC(C)CNS(=O)(=O)c1ccc(C#N)cc1. The molecule has 0 saturated heterocycles. The molecule has 0 fully saturated rings. The molecule has 0 aromatic heterocycles. The Kier molecular flexibility index (Phi) is 5.60. The smallest absolute Gasteiger partial charge is 0.240 e. The van der Waals surface area contributed by atoms with Gasteiger partial charge in [-0.1, -0.05) is 18.2 Å². The van der Waals surface area contributed by atoms with Crippen molar-refractivity contribution in [3.05, 3.63) is 59.2 Å². The Hall–Kier alpha value is -2.36. The average molecular weight is 344 g/mol. The summed E-state index contributed by atoms with van der Waals surface area (Å²) < 4.78 is 33.0. The van der Waals surface area contributed by atoms with Crippen LogP contribution in [0.4, 0.5) is 0 Å². The van der Waals surface area contributed by atoms with E-state index in [2.05, 4.69) is 4.72 Å². The van der Waals surface area contributed by atoms with Gasteiger partial charge in [0.1, 0.15) is 11.9 Å². The average Bonchev–Trinajstić information content (AvgIpc) is 2.56. The fraction of sp³-hybridized carbons (Fsp3) is 0.278. The maximum absolute atomic E-state index is 12.3. The van der Waals surface area contributed by atoms with E-state index < -0.39 is 10.0 Å². The van der Waals surface area contributed by atoms with Crippen molar-refractivity contribution in [2.75, 3.05) is 6.54 Å². The van der Waals surface area contributed by atoms with Crippen LogP contribution in [0, 0.1) is 25.2 Å². The molecule has 0 bridgehead atoms. The molecule has 2 aromatic carbocycles. The highest BCUT2D eigenvalue weighted by Crippen LogP contribution is 2.23. The summed E-state index contributed by atoms with van der Waals surface area (Å²) >= 11 is 0. The van der Waals surface area contributed by atoms with E-state index in [9.17, 15) is 8.42 Å². The molecule has 5 nitrogen and oxygen atoms in total. The molecule has 0 aliphatic rings. The molecule has 0 spiro atoms. The number of nitrogens with one attached hydrogen (secondary N) is 1. The van der Waals surface area contributed by atoms with Crippen LogP contribution in [0.3, 0.4) is 0 Å². The molecule has 126 valence electrons. The van der Waals surface area contributed by atoms with Gasteiger partial charge in [0.2, 0.25) is 10.0 Å². The van der Waals surface area contributed by atoms with Crippen molar-refractivity contribution >= 4 is 10.0 Å². The molecule has 0 saturated carbocycles. The highest BCUT2D eigenvalue weighted by Gasteiger charge is 2.16. The first-order valence-corrected chi connectivity index (χ1v) is 9.04. The molecule has 0 aliphatic heterocycles. The van der Waals surface area contributed by atoms with Crippen LogP contribution < -0.4 is 9.46 Å². The number of nitriles is 1. The van der Waals surface area contributed by atoms with E-state index in [-0.39, 0.29) is 17.5 Å². The van der Waals surface area contributed by atoms with Crippen molar-refractivity contribution in [2.24, 2.45) is 0 Å². The number of para-hydroxylation sites is 1. The predicted molar refractivity (Wildman–Crippen MR) is 92.4 cm³/mol. The number of hydrogen-bond donors (Lipinski definition) is 1. The van der Waals surface area contributed by atoms with Crippen LogP contribution >= 0.6 is 0 Å². The number of aryl methyl sites for hydroxylation is 2. The molecule has 0 amide bonds. The number of hydrogen-bond acceptors (Lipinski definition) is 4. The molecule has 0 heterocycles. The minimum absolute atomic E-state index is 0.126. The zero-order valence-electron chi connectivity index (χ0n) is 13.9. The third-order valence-electron chi connectivity index (χ3n) is 3.58. The maximum Gasteiger partial charge on any atom is 0.240 e. The Bertz CT molecular complexity index is 833. The van der Waals surface area contributed by atoms with Crippen LogP contribution in [-0.2, 0) is 10.0 Å². The van der Waals surface area contributed by atoms with Crippen LogP contribution in [0.2, 0.25) is 0 Å². The van der Waals surface area contributed by atoms with Gasteiger partial charge in [0, 0.05) is 6.54 Å². The van der Waals surface area contributed by atoms with Gasteiger partial charge in [0.05, 0.1) is 16.5 Å². The fourth-order valence-electron chi connectivity index (χ4n) is 2.25. The third-order valence-corrected chi connectivity index (χ3v) is 5.02. The summed E-state index contributed by atoms with van der Waals surface area (Å²) in [4.78, 5) is 0.126. The van der Waals surface area contributed by atoms with Gasteiger partial charge in [-0.15, -0.1) is 0 Å². The Morgan fingerprint density at radius 3 is 2.25 bits per heavy atom. The Balaban J connectivity index is 2.02. The van der Waals surface area contributed by atoms with Gasteiger partial charge < -0.3 is 4.74 Å². The van der Waals surface area contributed by atoms with Crippen LogP contribution in [0.5, 0.6) is 5.75 Å². The second-order valence-corrected chi connectivity index (χ2v) is 7.40. The summed E-state index contributed by atoms with van der Waals surface area (Å²) in [5.74, 6) is 0.780. The standard InChI is InChI=1S/C18H20N2O3S/c1-13-5-4-6-14(2)18(13)23-15(3)12-20-24(21,22)17-9-7-16(11-19)8-10-17/h4-10,15,20H,12H2,1-3H3. The second-order valence-electron chi connectivity index (χ2n) is 5.64. The van der Waals surface area contributed by atoms with Gasteiger partial charge in [0.25, 0.3) is 0 Å². The van der Waals surface area contributed by atoms with Crippen LogP contribution in [0.25, 0.3) is 0 Å². The zero-order chi connectivity index (χ0) is 17.7. The highest BCUT2D eigenvalue weighted by molar-refractivity contribution is 7.89. The summed E-state index contributed by atoms with van der Waals surface area (Å²) in [6.07, 6.45) is -0.321. The Morgan fingerprint density at radius 2 is 1.71 bits per heavy atom. The number of rotatable bonds is 6. The molecular formula is C18H20N2O3S. The number of benzene rings is 2. The van der Waals surface area contributed by atoms with Crippen molar-refractivity contribution < 1.29 is 13.2 Å². The summed E-state index contributed by atoms with van der Waals surface area (Å²) in [7, 11) is -3.63. The molecular weight excluding hydrogens is 324 g/mol. The minimum atomic E-state index is -3.63.